The molecule has 1 aromatic carbocycles. The van der Waals surface area contributed by atoms with E-state index in [1.807, 2.05) is 0 Å². The van der Waals surface area contributed by atoms with E-state index >= 15 is 0 Å². The molecule has 0 radical (unpaired) electrons. The normalized spacial score (nSPS) is 15.5. The van der Waals surface area contributed by atoms with E-state index in [4.69, 9.17) is 0 Å². The van der Waals surface area contributed by atoms with Crippen LogP contribution in [0.2, 0.25) is 0 Å². The van der Waals surface area contributed by atoms with Gasteiger partial charge in [-0.15, -0.1) is 0 Å². The number of aromatic nitrogens is 1. The van der Waals surface area contributed by atoms with Gasteiger partial charge in [-0.3, -0.25) is 9.59 Å². The number of halogens is 1. The van der Waals surface area contributed by atoms with Crippen molar-refractivity contribution in [2.45, 2.75) is 31.7 Å². The predicted octanol–water partition coefficient (Wildman–Crippen LogP) is 2.35. The first kappa shape index (κ1) is 13.8. The lowest BCUT2D eigenvalue weighted by molar-refractivity contribution is 0.0936. The fraction of sp³-hybridized carbons (Fsp3) is 0.375. The second kappa shape index (κ2) is 5.31. The van der Waals surface area contributed by atoms with Crippen LogP contribution in [0.5, 0.6) is 0 Å². The lowest BCUT2D eigenvalue weighted by atomic mass is 10.1. The summed E-state index contributed by atoms with van der Waals surface area (Å²) in [6.07, 6.45) is 5.63. The van der Waals surface area contributed by atoms with Gasteiger partial charge in [0.2, 0.25) is 5.43 Å². The Bertz CT molecular complexity index is 761. The van der Waals surface area contributed by atoms with Crippen LogP contribution in [0, 0.1) is 5.82 Å². The summed E-state index contributed by atoms with van der Waals surface area (Å²) in [5.41, 5.74) is 0.263. The van der Waals surface area contributed by atoms with Crippen LogP contribution in [0.3, 0.4) is 0 Å². The molecule has 0 atom stereocenters. The minimum Gasteiger partial charge on any atom is -0.350 e. The average Bonchev–Trinajstić information content (AvgIpc) is 2.95. The summed E-state index contributed by atoms with van der Waals surface area (Å²) in [5, 5.41) is 3.13. The molecule has 5 heteroatoms. The lowest BCUT2D eigenvalue weighted by Gasteiger charge is -2.13. The number of benzene rings is 1. The van der Waals surface area contributed by atoms with Crippen LogP contribution in [-0.2, 0) is 7.05 Å². The maximum absolute atomic E-state index is 13.4. The molecule has 0 unspecified atom stereocenters. The number of aryl methyl sites for hydroxylation is 1. The topological polar surface area (TPSA) is 51.1 Å². The second-order valence-electron chi connectivity index (χ2n) is 5.60. The smallest absolute Gasteiger partial charge is 0.256 e. The summed E-state index contributed by atoms with van der Waals surface area (Å²) >= 11 is 0. The Labute approximate surface area is 121 Å². The quantitative estimate of drug-likeness (QED) is 0.922. The highest BCUT2D eigenvalue weighted by Crippen LogP contribution is 2.18. The number of pyridine rings is 1. The number of nitrogens with zero attached hydrogens (tertiary/aromatic N) is 1. The zero-order valence-corrected chi connectivity index (χ0v) is 11.9. The van der Waals surface area contributed by atoms with Crippen LogP contribution >= 0.6 is 0 Å². The van der Waals surface area contributed by atoms with Gasteiger partial charge in [0, 0.05) is 24.7 Å². The Kier molecular flexibility index (Phi) is 3.49. The molecule has 1 aliphatic carbocycles. The van der Waals surface area contributed by atoms with E-state index in [9.17, 15) is 14.0 Å². The lowest BCUT2D eigenvalue weighted by Crippen LogP contribution is -2.36. The molecule has 1 aromatic heterocycles. The number of fused-ring (bicyclic) bond motifs is 1. The van der Waals surface area contributed by atoms with Crippen molar-refractivity contribution in [3.8, 4) is 0 Å². The Morgan fingerprint density at radius 3 is 2.76 bits per heavy atom. The maximum Gasteiger partial charge on any atom is 0.256 e. The molecule has 1 fully saturated rings. The molecule has 4 nitrogen and oxygen atoms in total. The number of hydrogen-bond donors (Lipinski definition) is 1. The van der Waals surface area contributed by atoms with Crippen molar-refractivity contribution in [3.63, 3.8) is 0 Å². The fourth-order valence-corrected chi connectivity index (χ4v) is 2.96. The van der Waals surface area contributed by atoms with E-state index < -0.39 is 11.2 Å². The van der Waals surface area contributed by atoms with E-state index in [2.05, 4.69) is 5.32 Å². The van der Waals surface area contributed by atoms with Crippen molar-refractivity contribution in [2.24, 2.45) is 7.05 Å². The van der Waals surface area contributed by atoms with Crippen LogP contribution in [-0.4, -0.2) is 16.5 Å². The maximum atomic E-state index is 13.4. The van der Waals surface area contributed by atoms with Crippen LogP contribution in [0.25, 0.3) is 10.9 Å². The Morgan fingerprint density at radius 1 is 1.33 bits per heavy atom. The summed E-state index contributed by atoms with van der Waals surface area (Å²) in [6.45, 7) is 0. The van der Waals surface area contributed by atoms with Gasteiger partial charge in [-0.05, 0) is 31.0 Å². The molecule has 1 saturated carbocycles. The SMILES string of the molecule is Cn1cc(C(=O)NC2CCCC2)c(=O)c2cc(F)ccc21. The van der Waals surface area contributed by atoms with Crippen molar-refractivity contribution in [3.05, 3.63) is 46.0 Å². The average molecular weight is 288 g/mol. The fourth-order valence-electron chi connectivity index (χ4n) is 2.96. The Morgan fingerprint density at radius 2 is 2.05 bits per heavy atom. The van der Waals surface area contributed by atoms with Gasteiger partial charge in [0.25, 0.3) is 5.91 Å². The Balaban J connectivity index is 2.04. The van der Waals surface area contributed by atoms with Crippen LogP contribution < -0.4 is 10.7 Å². The van der Waals surface area contributed by atoms with Crippen molar-refractivity contribution in [1.82, 2.24) is 9.88 Å². The van der Waals surface area contributed by atoms with Gasteiger partial charge in [0.15, 0.2) is 0 Å². The van der Waals surface area contributed by atoms with Crippen molar-refractivity contribution in [1.29, 1.82) is 0 Å². The molecule has 2 aromatic rings. The highest BCUT2D eigenvalue weighted by molar-refractivity contribution is 5.97. The summed E-state index contributed by atoms with van der Waals surface area (Å²) < 4.78 is 15.0. The largest absolute Gasteiger partial charge is 0.350 e. The summed E-state index contributed by atoms with van der Waals surface area (Å²) in [7, 11) is 1.74. The molecule has 0 bridgehead atoms. The molecular weight excluding hydrogens is 271 g/mol. The monoisotopic (exact) mass is 288 g/mol. The molecule has 0 spiro atoms. The Hall–Kier alpha value is -2.17. The molecule has 0 saturated heterocycles. The number of amides is 1. The first-order valence-electron chi connectivity index (χ1n) is 7.16. The van der Waals surface area contributed by atoms with Gasteiger partial charge in [0.1, 0.15) is 11.4 Å². The van der Waals surface area contributed by atoms with E-state index in [0.717, 1.165) is 25.7 Å². The predicted molar refractivity (Wildman–Crippen MR) is 78.9 cm³/mol. The minimum absolute atomic E-state index is 0.0718. The third-order valence-corrected chi connectivity index (χ3v) is 4.09. The van der Waals surface area contributed by atoms with Crippen molar-refractivity contribution < 1.29 is 9.18 Å². The molecule has 0 aliphatic heterocycles. The highest BCUT2D eigenvalue weighted by Gasteiger charge is 2.20. The van der Waals surface area contributed by atoms with Gasteiger partial charge in [-0.1, -0.05) is 12.8 Å². The number of hydrogen-bond acceptors (Lipinski definition) is 2. The first-order valence-corrected chi connectivity index (χ1v) is 7.16. The van der Waals surface area contributed by atoms with Crippen molar-refractivity contribution in [2.75, 3.05) is 0 Å². The van der Waals surface area contributed by atoms with Gasteiger partial charge in [-0.2, -0.15) is 0 Å². The van der Waals surface area contributed by atoms with E-state index in [1.54, 1.807) is 17.7 Å². The van der Waals surface area contributed by atoms with Gasteiger partial charge in [-0.25, -0.2) is 4.39 Å². The molecule has 3 rings (SSSR count). The molecule has 1 aliphatic rings. The van der Waals surface area contributed by atoms with E-state index in [1.165, 1.54) is 18.3 Å². The number of nitrogens with one attached hydrogen (secondary N) is 1. The summed E-state index contributed by atoms with van der Waals surface area (Å²) in [6, 6.07) is 4.18. The van der Waals surface area contributed by atoms with Gasteiger partial charge in [0.05, 0.1) is 5.52 Å². The van der Waals surface area contributed by atoms with E-state index in [0.29, 0.717) is 5.52 Å². The number of carbonyl (C=O) groups excluding carboxylic acids is 1. The molecule has 1 N–H and O–H groups in total. The molecular formula is C16H17FN2O2. The summed E-state index contributed by atoms with van der Waals surface area (Å²) in [4.78, 5) is 24.7. The highest BCUT2D eigenvalue weighted by atomic mass is 19.1. The van der Waals surface area contributed by atoms with E-state index in [-0.39, 0.29) is 22.9 Å². The van der Waals surface area contributed by atoms with Crippen LogP contribution in [0.15, 0.2) is 29.2 Å². The third kappa shape index (κ3) is 2.55. The zero-order chi connectivity index (χ0) is 15.0. The van der Waals surface area contributed by atoms with Crippen LogP contribution in [0.4, 0.5) is 4.39 Å². The molecule has 1 heterocycles. The van der Waals surface area contributed by atoms with Crippen LogP contribution in [0.1, 0.15) is 36.0 Å². The zero-order valence-electron chi connectivity index (χ0n) is 11.9. The second-order valence-corrected chi connectivity index (χ2v) is 5.60. The molecule has 21 heavy (non-hydrogen) atoms. The molecule has 110 valence electrons. The van der Waals surface area contributed by atoms with Crippen molar-refractivity contribution >= 4 is 16.8 Å². The molecule has 1 amide bonds. The third-order valence-electron chi connectivity index (χ3n) is 4.09. The standard InChI is InChI=1S/C16H17FN2O2/c1-19-9-13(16(21)18-11-4-2-3-5-11)15(20)12-8-10(17)6-7-14(12)19/h6-9,11H,2-5H2,1H3,(H,18,21). The summed E-state index contributed by atoms with van der Waals surface area (Å²) in [5.74, 6) is -0.846. The number of rotatable bonds is 2. The first-order chi connectivity index (χ1) is 10.1. The van der Waals surface area contributed by atoms with Gasteiger partial charge >= 0.3 is 0 Å². The minimum atomic E-state index is -0.479. The van der Waals surface area contributed by atoms with Gasteiger partial charge < -0.3 is 9.88 Å². The number of carbonyl (C=O) groups is 1.